The molecule has 5 heteroatoms. The summed E-state index contributed by atoms with van der Waals surface area (Å²) in [6.45, 7) is 0. The molecule has 0 radical (unpaired) electrons. The first-order valence-electron chi connectivity index (χ1n) is 22.6. The summed E-state index contributed by atoms with van der Waals surface area (Å²) in [5.74, 6) is 0. The van der Waals surface area contributed by atoms with Crippen LogP contribution in [0.1, 0.15) is 0 Å². The van der Waals surface area contributed by atoms with Crippen LogP contribution in [-0.2, 0) is 0 Å². The maximum atomic E-state index is 5.68. The Morgan fingerprint density at radius 3 is 1.41 bits per heavy atom. The lowest BCUT2D eigenvalue weighted by molar-refractivity contribution is 1.23. The number of hydrogen-bond acceptors (Lipinski definition) is 3. The Morgan fingerprint density at radius 1 is 0.303 bits per heavy atom. The molecule has 5 heterocycles. The molecule has 0 spiro atoms. The Bertz CT molecular complexity index is 4310. The molecule has 0 aliphatic carbocycles. The molecule has 0 atom stereocenters. The standard InChI is InChI=1S/C61H37N5/c1-5-21-40(22-6-1)63(41-23-7-2-8-24-41)50-34-18-32-47-46-31-17-33-48-54-52(65(57(46)48)58(47)50)37-62-61-56(54)55-45-30-16-13-19-38(45)35-49-53-44-29-15-14-20-39(44)36-51(60(53)66(61)59(49)55)64(42-25-9-3-10-26-42)43-27-11-4-12-28-43/h1-37H. The van der Waals surface area contributed by atoms with E-state index < -0.39 is 0 Å². The largest absolute Gasteiger partial charge is 0.308 e. The molecule has 0 unspecified atom stereocenters. The van der Waals surface area contributed by atoms with Crippen molar-refractivity contribution in [1.29, 1.82) is 0 Å². The Labute approximate surface area is 378 Å². The molecule has 0 saturated heterocycles. The summed E-state index contributed by atoms with van der Waals surface area (Å²) < 4.78 is 5.02. The third-order valence-corrected chi connectivity index (χ3v) is 14.1. The number of para-hydroxylation sites is 6. The van der Waals surface area contributed by atoms with Crippen LogP contribution in [0.15, 0.2) is 225 Å². The zero-order valence-corrected chi connectivity index (χ0v) is 35.6. The fraction of sp³-hybridized carbons (Fsp3) is 0. The molecule has 66 heavy (non-hydrogen) atoms. The molecule has 15 rings (SSSR count). The van der Waals surface area contributed by atoms with Crippen LogP contribution >= 0.6 is 0 Å². The van der Waals surface area contributed by atoms with E-state index in [2.05, 4.69) is 243 Å². The number of pyridine rings is 1. The maximum Gasteiger partial charge on any atom is 0.146 e. The van der Waals surface area contributed by atoms with Gasteiger partial charge in [0, 0.05) is 65.8 Å². The molecule has 0 aliphatic heterocycles. The zero-order valence-electron chi connectivity index (χ0n) is 35.6. The van der Waals surface area contributed by atoms with E-state index in [4.69, 9.17) is 4.98 Å². The molecule has 0 N–H and O–H groups in total. The lowest BCUT2D eigenvalue weighted by Crippen LogP contribution is -2.11. The van der Waals surface area contributed by atoms with Crippen LogP contribution in [0.4, 0.5) is 34.1 Å². The third kappa shape index (κ3) is 4.65. The van der Waals surface area contributed by atoms with Crippen molar-refractivity contribution in [3.8, 4) is 0 Å². The molecule has 0 saturated carbocycles. The quantitative estimate of drug-likeness (QED) is 0.167. The minimum atomic E-state index is 0.959. The second kappa shape index (κ2) is 13.3. The van der Waals surface area contributed by atoms with E-state index in [1.54, 1.807) is 0 Å². The van der Waals surface area contributed by atoms with E-state index in [9.17, 15) is 0 Å². The SMILES string of the molecule is c1ccc(N(c2ccccc2)c2cccc3c4cccc5c6c7c8c9ccccc9cc9c%10c%11ccccc%11cc(N(c%11ccccc%11)c%11ccccc%11)c%10n(c7ncc6n(c23)c45)c98)cc1. The number of anilines is 6. The van der Waals surface area contributed by atoms with Gasteiger partial charge in [0.1, 0.15) is 5.65 Å². The van der Waals surface area contributed by atoms with Crippen molar-refractivity contribution in [3.05, 3.63) is 225 Å². The number of fused-ring (bicyclic) bond motifs is 17. The van der Waals surface area contributed by atoms with Gasteiger partial charge in [-0.3, -0.25) is 4.40 Å². The van der Waals surface area contributed by atoms with E-state index in [0.717, 1.165) is 56.3 Å². The molecular formula is C61H37N5. The second-order valence-corrected chi connectivity index (χ2v) is 17.5. The van der Waals surface area contributed by atoms with Crippen molar-refractivity contribution in [2.24, 2.45) is 0 Å². The second-order valence-electron chi connectivity index (χ2n) is 17.5. The van der Waals surface area contributed by atoms with Crippen molar-refractivity contribution >= 4 is 132 Å². The average molecular weight is 840 g/mol. The number of hydrogen-bond donors (Lipinski definition) is 0. The van der Waals surface area contributed by atoms with Gasteiger partial charge in [0.15, 0.2) is 0 Å². The van der Waals surface area contributed by atoms with Gasteiger partial charge in [0.05, 0.1) is 45.2 Å². The highest BCUT2D eigenvalue weighted by molar-refractivity contribution is 6.41. The summed E-state index contributed by atoms with van der Waals surface area (Å²) in [6, 6.07) is 79.3. The molecule has 5 aromatic heterocycles. The van der Waals surface area contributed by atoms with Gasteiger partial charge in [-0.1, -0.05) is 152 Å². The predicted molar refractivity (Wildman–Crippen MR) is 278 cm³/mol. The Morgan fingerprint density at radius 2 is 0.788 bits per heavy atom. The van der Waals surface area contributed by atoms with Crippen molar-refractivity contribution in [3.63, 3.8) is 0 Å². The lowest BCUT2D eigenvalue weighted by atomic mass is 9.96. The van der Waals surface area contributed by atoms with Crippen molar-refractivity contribution < 1.29 is 0 Å². The fourth-order valence-electron chi connectivity index (χ4n) is 11.6. The maximum absolute atomic E-state index is 5.68. The van der Waals surface area contributed by atoms with E-state index in [0.29, 0.717) is 0 Å². The van der Waals surface area contributed by atoms with Crippen molar-refractivity contribution in [1.82, 2.24) is 13.8 Å². The van der Waals surface area contributed by atoms with Crippen LogP contribution in [0.2, 0.25) is 0 Å². The molecule has 0 amide bonds. The summed E-state index contributed by atoms with van der Waals surface area (Å²) in [5, 5.41) is 14.7. The minimum absolute atomic E-state index is 0.959. The summed E-state index contributed by atoms with van der Waals surface area (Å²) in [5.41, 5.74) is 13.4. The molecule has 0 bridgehead atoms. The number of aromatic nitrogens is 3. The highest BCUT2D eigenvalue weighted by Crippen LogP contribution is 2.53. The summed E-state index contributed by atoms with van der Waals surface area (Å²) in [7, 11) is 0. The van der Waals surface area contributed by atoms with Crippen LogP contribution in [0.3, 0.4) is 0 Å². The smallest absolute Gasteiger partial charge is 0.146 e. The van der Waals surface area contributed by atoms with E-state index in [-0.39, 0.29) is 0 Å². The Hall–Kier alpha value is -8.93. The zero-order chi connectivity index (χ0) is 43.0. The topological polar surface area (TPSA) is 28.2 Å². The van der Waals surface area contributed by atoms with Gasteiger partial charge >= 0.3 is 0 Å². The molecule has 306 valence electrons. The first-order chi connectivity index (χ1) is 32.8. The predicted octanol–water partition coefficient (Wildman–Crippen LogP) is 16.6. The van der Waals surface area contributed by atoms with Crippen LogP contribution in [-0.4, -0.2) is 13.8 Å². The van der Waals surface area contributed by atoms with Gasteiger partial charge in [-0.05, 0) is 88.3 Å². The Kier molecular flexibility index (Phi) is 7.16. The van der Waals surface area contributed by atoms with Gasteiger partial charge in [0.25, 0.3) is 0 Å². The number of nitrogens with zero attached hydrogens (tertiary/aromatic N) is 5. The van der Waals surface area contributed by atoms with Crippen LogP contribution in [0.5, 0.6) is 0 Å². The third-order valence-electron chi connectivity index (χ3n) is 14.1. The van der Waals surface area contributed by atoms with Crippen LogP contribution in [0, 0.1) is 0 Å². The van der Waals surface area contributed by atoms with E-state index >= 15 is 0 Å². The molecule has 0 fully saturated rings. The summed E-state index contributed by atoms with van der Waals surface area (Å²) in [4.78, 5) is 10.5. The fourth-order valence-corrected chi connectivity index (χ4v) is 11.6. The van der Waals surface area contributed by atoms with Crippen molar-refractivity contribution in [2.75, 3.05) is 9.80 Å². The first-order valence-corrected chi connectivity index (χ1v) is 22.6. The van der Waals surface area contributed by atoms with Gasteiger partial charge in [0.2, 0.25) is 0 Å². The monoisotopic (exact) mass is 839 g/mol. The average Bonchev–Trinajstić information content (AvgIpc) is 4.12. The summed E-state index contributed by atoms with van der Waals surface area (Å²) >= 11 is 0. The normalized spacial score (nSPS) is 12.2. The minimum Gasteiger partial charge on any atom is -0.308 e. The molecule has 10 aromatic carbocycles. The number of benzene rings is 10. The van der Waals surface area contributed by atoms with E-state index in [1.807, 2.05) is 0 Å². The van der Waals surface area contributed by atoms with Gasteiger partial charge in [-0.15, -0.1) is 0 Å². The highest BCUT2D eigenvalue weighted by Gasteiger charge is 2.30. The van der Waals surface area contributed by atoms with Gasteiger partial charge in [-0.2, -0.15) is 0 Å². The lowest BCUT2D eigenvalue weighted by Gasteiger charge is -2.27. The molecular weight excluding hydrogens is 803 g/mol. The van der Waals surface area contributed by atoms with Gasteiger partial charge in [-0.25, -0.2) is 4.98 Å². The van der Waals surface area contributed by atoms with Crippen LogP contribution in [0.25, 0.3) is 97.9 Å². The molecule has 0 aliphatic rings. The summed E-state index contributed by atoms with van der Waals surface area (Å²) in [6.07, 6.45) is 2.15. The van der Waals surface area contributed by atoms with Crippen molar-refractivity contribution in [2.45, 2.75) is 0 Å². The van der Waals surface area contributed by atoms with E-state index in [1.165, 1.54) is 75.7 Å². The highest BCUT2D eigenvalue weighted by atomic mass is 15.2. The Balaban J connectivity index is 1.15. The molecule has 15 aromatic rings. The first kappa shape index (κ1) is 35.5. The molecule has 5 nitrogen and oxygen atoms in total. The number of rotatable bonds is 6. The van der Waals surface area contributed by atoms with Crippen LogP contribution < -0.4 is 9.80 Å². The van der Waals surface area contributed by atoms with Gasteiger partial charge < -0.3 is 14.2 Å².